The van der Waals surface area contributed by atoms with Crippen molar-refractivity contribution in [3.8, 4) is 0 Å². The fraction of sp³-hybridized carbons (Fsp3) is 0.900. The smallest absolute Gasteiger partial charge is 0.323 e. The summed E-state index contributed by atoms with van der Waals surface area (Å²) in [5.41, 5.74) is 5.58. The Bertz CT molecular complexity index is 245. The minimum atomic E-state index is -1.01. The lowest BCUT2D eigenvalue weighted by Gasteiger charge is -2.18. The maximum absolute atomic E-state index is 11.4. The summed E-state index contributed by atoms with van der Waals surface area (Å²) in [5.74, 6) is -0.528. The van der Waals surface area contributed by atoms with Gasteiger partial charge in [-0.2, -0.15) is 0 Å². The van der Waals surface area contributed by atoms with Gasteiger partial charge in [0.2, 0.25) is 0 Å². The summed E-state index contributed by atoms with van der Waals surface area (Å²) in [7, 11) is 0. The fourth-order valence-corrected chi connectivity index (χ4v) is 1.35. The highest BCUT2D eigenvalue weighted by Crippen LogP contribution is 2.14. The Morgan fingerprint density at radius 2 is 2.19 bits per heavy atom. The average Bonchev–Trinajstić information content (AvgIpc) is 2.55. The van der Waals surface area contributed by atoms with Crippen LogP contribution < -0.4 is 5.73 Å². The Morgan fingerprint density at radius 1 is 1.56 bits per heavy atom. The molecule has 0 aliphatic carbocycles. The molecule has 0 aromatic rings. The van der Waals surface area contributed by atoms with Gasteiger partial charge in [-0.3, -0.25) is 4.79 Å². The average molecular weight is 233 g/mol. The topological polar surface area (TPSA) is 102 Å². The van der Waals surface area contributed by atoms with Crippen LogP contribution in [0.2, 0.25) is 0 Å². The molecule has 1 aliphatic heterocycles. The second-order valence-electron chi connectivity index (χ2n) is 4.33. The predicted octanol–water partition coefficient (Wildman–Crippen LogP) is -1.37. The number of aliphatic hydroxyl groups is 2. The number of hydrogen-bond donors (Lipinski definition) is 3. The van der Waals surface area contributed by atoms with Gasteiger partial charge in [-0.15, -0.1) is 0 Å². The molecule has 4 N–H and O–H groups in total. The molecule has 4 atom stereocenters. The van der Waals surface area contributed by atoms with Crippen molar-refractivity contribution >= 4 is 5.97 Å². The van der Waals surface area contributed by atoms with Crippen LogP contribution in [-0.4, -0.2) is 53.7 Å². The van der Waals surface area contributed by atoms with Crippen molar-refractivity contribution in [2.75, 3.05) is 13.2 Å². The summed E-state index contributed by atoms with van der Waals surface area (Å²) in [6.07, 6.45) is -2.59. The van der Waals surface area contributed by atoms with E-state index in [9.17, 15) is 15.0 Å². The fourth-order valence-electron chi connectivity index (χ4n) is 1.35. The number of carbonyl (C=O) groups excluding carboxylic acids is 1. The number of aliphatic hydroxyl groups excluding tert-OH is 2. The van der Waals surface area contributed by atoms with Crippen LogP contribution in [0.4, 0.5) is 0 Å². The van der Waals surface area contributed by atoms with Crippen molar-refractivity contribution in [3.05, 3.63) is 0 Å². The van der Waals surface area contributed by atoms with E-state index < -0.39 is 30.3 Å². The zero-order valence-electron chi connectivity index (χ0n) is 9.50. The van der Waals surface area contributed by atoms with Gasteiger partial charge in [0.15, 0.2) is 0 Å². The Labute approximate surface area is 94.3 Å². The van der Waals surface area contributed by atoms with Gasteiger partial charge < -0.3 is 25.4 Å². The lowest BCUT2D eigenvalue weighted by Crippen LogP contribution is -2.40. The SMILES string of the molecule is CC(C)[C@H](N)C(=O)OC[C@H]1OC[C@H](O)[C@@H]1O. The van der Waals surface area contributed by atoms with Gasteiger partial charge in [-0.1, -0.05) is 13.8 Å². The molecule has 1 heterocycles. The second-order valence-corrected chi connectivity index (χ2v) is 4.33. The van der Waals surface area contributed by atoms with Crippen LogP contribution >= 0.6 is 0 Å². The largest absolute Gasteiger partial charge is 0.462 e. The molecule has 1 saturated heterocycles. The summed E-state index contributed by atoms with van der Waals surface area (Å²) in [6.45, 7) is 3.60. The molecule has 0 radical (unpaired) electrons. The molecule has 0 spiro atoms. The van der Waals surface area contributed by atoms with Gasteiger partial charge in [-0.25, -0.2) is 0 Å². The van der Waals surface area contributed by atoms with Gasteiger partial charge in [-0.05, 0) is 5.92 Å². The summed E-state index contributed by atoms with van der Waals surface area (Å²) in [5, 5.41) is 18.6. The zero-order chi connectivity index (χ0) is 12.3. The van der Waals surface area contributed by atoms with E-state index in [-0.39, 0.29) is 19.1 Å². The van der Waals surface area contributed by atoms with Crippen molar-refractivity contribution in [2.45, 2.75) is 38.2 Å². The number of carbonyl (C=O) groups is 1. The molecular weight excluding hydrogens is 214 g/mol. The van der Waals surface area contributed by atoms with E-state index in [1.807, 2.05) is 13.8 Å². The molecule has 0 bridgehead atoms. The van der Waals surface area contributed by atoms with E-state index in [2.05, 4.69) is 0 Å². The first-order chi connectivity index (χ1) is 7.43. The van der Waals surface area contributed by atoms with Crippen molar-refractivity contribution in [1.29, 1.82) is 0 Å². The third-order valence-corrected chi connectivity index (χ3v) is 2.64. The van der Waals surface area contributed by atoms with Crippen LogP contribution in [0.5, 0.6) is 0 Å². The normalized spacial score (nSPS) is 31.8. The first-order valence-corrected chi connectivity index (χ1v) is 5.33. The second kappa shape index (κ2) is 5.58. The molecular formula is C10H19NO5. The molecule has 0 saturated carbocycles. The lowest BCUT2D eigenvalue weighted by molar-refractivity contribution is -0.151. The minimum Gasteiger partial charge on any atom is -0.462 e. The maximum atomic E-state index is 11.4. The molecule has 1 aliphatic rings. The highest BCUT2D eigenvalue weighted by Gasteiger charge is 2.35. The molecule has 1 rings (SSSR count). The number of rotatable bonds is 4. The van der Waals surface area contributed by atoms with Crippen LogP contribution in [0.15, 0.2) is 0 Å². The molecule has 6 nitrogen and oxygen atoms in total. The quantitative estimate of drug-likeness (QED) is 0.518. The van der Waals surface area contributed by atoms with Gasteiger partial charge in [0.1, 0.15) is 31.0 Å². The van der Waals surface area contributed by atoms with Crippen LogP contribution in [0.25, 0.3) is 0 Å². The predicted molar refractivity (Wildman–Crippen MR) is 55.5 cm³/mol. The lowest BCUT2D eigenvalue weighted by atomic mass is 10.1. The number of esters is 1. The summed E-state index contributed by atoms with van der Waals surface area (Å²) in [4.78, 5) is 11.4. The molecule has 0 aromatic heterocycles. The monoisotopic (exact) mass is 233 g/mol. The molecule has 0 aromatic carbocycles. The van der Waals surface area contributed by atoms with Gasteiger partial charge in [0, 0.05) is 0 Å². The Kier molecular flexibility index (Phi) is 4.67. The molecule has 6 heteroatoms. The van der Waals surface area contributed by atoms with Crippen molar-refractivity contribution < 1.29 is 24.5 Å². The van der Waals surface area contributed by atoms with E-state index >= 15 is 0 Å². The van der Waals surface area contributed by atoms with E-state index in [1.165, 1.54) is 0 Å². The van der Waals surface area contributed by atoms with Crippen LogP contribution in [0.3, 0.4) is 0 Å². The van der Waals surface area contributed by atoms with E-state index in [0.717, 1.165) is 0 Å². The minimum absolute atomic E-state index is 0.00694. The summed E-state index contributed by atoms with van der Waals surface area (Å²) in [6, 6.07) is -0.677. The van der Waals surface area contributed by atoms with Gasteiger partial charge in [0.25, 0.3) is 0 Å². The molecule has 94 valence electrons. The number of hydrogen-bond acceptors (Lipinski definition) is 6. The van der Waals surface area contributed by atoms with Crippen LogP contribution in [-0.2, 0) is 14.3 Å². The Hall–Kier alpha value is -0.690. The Morgan fingerprint density at radius 3 is 2.62 bits per heavy atom. The zero-order valence-corrected chi connectivity index (χ0v) is 9.50. The van der Waals surface area contributed by atoms with Gasteiger partial charge in [0.05, 0.1) is 6.61 Å². The van der Waals surface area contributed by atoms with Crippen molar-refractivity contribution in [1.82, 2.24) is 0 Å². The summed E-state index contributed by atoms with van der Waals surface area (Å²) < 4.78 is 9.96. The van der Waals surface area contributed by atoms with Crippen molar-refractivity contribution in [2.24, 2.45) is 11.7 Å². The first-order valence-electron chi connectivity index (χ1n) is 5.33. The standard InChI is InChI=1S/C10H19NO5/c1-5(2)8(11)10(14)16-4-7-9(13)6(12)3-15-7/h5-9,12-13H,3-4,11H2,1-2H3/t6-,7+,8-,9-/m0/s1. The maximum Gasteiger partial charge on any atom is 0.323 e. The van der Waals surface area contributed by atoms with Crippen molar-refractivity contribution in [3.63, 3.8) is 0 Å². The van der Waals surface area contributed by atoms with E-state index in [0.29, 0.717) is 0 Å². The molecule has 0 unspecified atom stereocenters. The van der Waals surface area contributed by atoms with Gasteiger partial charge >= 0.3 is 5.97 Å². The highest BCUT2D eigenvalue weighted by molar-refractivity contribution is 5.75. The Balaban J connectivity index is 2.32. The highest BCUT2D eigenvalue weighted by atomic mass is 16.6. The first kappa shape index (κ1) is 13.4. The molecule has 16 heavy (non-hydrogen) atoms. The van der Waals surface area contributed by atoms with E-state index in [4.69, 9.17) is 15.2 Å². The molecule has 0 amide bonds. The summed E-state index contributed by atoms with van der Waals surface area (Å²) >= 11 is 0. The third-order valence-electron chi connectivity index (χ3n) is 2.64. The number of nitrogens with two attached hydrogens (primary N) is 1. The number of ether oxygens (including phenoxy) is 2. The third kappa shape index (κ3) is 3.15. The van der Waals surface area contributed by atoms with E-state index in [1.54, 1.807) is 0 Å². The van der Waals surface area contributed by atoms with Crippen LogP contribution in [0.1, 0.15) is 13.8 Å². The molecule has 1 fully saturated rings. The van der Waals surface area contributed by atoms with Crippen LogP contribution in [0, 0.1) is 5.92 Å².